The minimum atomic E-state index is 0.755. The van der Waals surface area contributed by atoms with Crippen molar-refractivity contribution in [3.05, 3.63) is 28.8 Å². The zero-order valence-electron chi connectivity index (χ0n) is 11.0. The molecule has 0 bridgehead atoms. The van der Waals surface area contributed by atoms with E-state index in [1.54, 1.807) is 0 Å². The molecule has 2 aliphatic rings. The lowest BCUT2D eigenvalue weighted by Gasteiger charge is -2.45. The van der Waals surface area contributed by atoms with E-state index in [1.165, 1.54) is 50.1 Å². The normalized spacial score (nSPS) is 25.0. The Morgan fingerprint density at radius 3 is 2.94 bits per heavy atom. The number of fused-ring (bicyclic) bond motifs is 1. The lowest BCUT2D eigenvalue weighted by Crippen LogP contribution is -2.55. The number of aryl methyl sites for hydroxylation is 1. The molecule has 0 radical (unpaired) electrons. The van der Waals surface area contributed by atoms with Crippen LogP contribution in [0.2, 0.25) is 5.02 Å². The van der Waals surface area contributed by atoms with E-state index in [4.69, 9.17) is 11.6 Å². The number of piperazine rings is 1. The monoisotopic (exact) mass is 264 g/mol. The number of anilines is 1. The van der Waals surface area contributed by atoms with Gasteiger partial charge in [0.25, 0.3) is 0 Å². The summed E-state index contributed by atoms with van der Waals surface area (Å²) < 4.78 is 0. The molecule has 3 rings (SSSR count). The summed E-state index contributed by atoms with van der Waals surface area (Å²) in [6, 6.07) is 6.99. The maximum absolute atomic E-state index is 6.14. The van der Waals surface area contributed by atoms with Crippen LogP contribution in [0, 0.1) is 6.92 Å². The summed E-state index contributed by atoms with van der Waals surface area (Å²) in [4.78, 5) is 5.19. The summed E-state index contributed by atoms with van der Waals surface area (Å²) in [6.45, 7) is 6.99. The van der Waals surface area contributed by atoms with Gasteiger partial charge >= 0.3 is 0 Å². The summed E-state index contributed by atoms with van der Waals surface area (Å²) in [5, 5.41) is 0.849. The summed E-state index contributed by atoms with van der Waals surface area (Å²) in [5.74, 6) is 0. The predicted molar refractivity (Wildman–Crippen MR) is 77.6 cm³/mol. The average Bonchev–Trinajstić information content (AvgIpc) is 2.41. The Kier molecular flexibility index (Phi) is 3.49. The Morgan fingerprint density at radius 1 is 1.17 bits per heavy atom. The molecule has 0 aliphatic carbocycles. The highest BCUT2D eigenvalue weighted by atomic mass is 35.5. The van der Waals surface area contributed by atoms with Crippen LogP contribution >= 0.6 is 11.6 Å². The first-order chi connectivity index (χ1) is 8.74. The predicted octanol–water partition coefficient (Wildman–Crippen LogP) is 3.32. The van der Waals surface area contributed by atoms with Crippen LogP contribution in [0.25, 0.3) is 0 Å². The number of hydrogen-bond donors (Lipinski definition) is 0. The van der Waals surface area contributed by atoms with Crippen LogP contribution in [0.5, 0.6) is 0 Å². The Hall–Kier alpha value is -0.730. The van der Waals surface area contributed by atoms with Crippen LogP contribution in [0.15, 0.2) is 18.2 Å². The van der Waals surface area contributed by atoms with Crippen LogP contribution in [-0.2, 0) is 0 Å². The third kappa shape index (κ3) is 2.36. The van der Waals surface area contributed by atoms with Crippen molar-refractivity contribution in [3.8, 4) is 0 Å². The molecule has 0 aromatic heterocycles. The minimum absolute atomic E-state index is 0.755. The molecule has 2 aliphatic heterocycles. The Balaban J connectivity index is 1.79. The molecule has 2 nitrogen and oxygen atoms in total. The van der Waals surface area contributed by atoms with Crippen LogP contribution in [0.1, 0.15) is 24.8 Å². The molecule has 0 amide bonds. The van der Waals surface area contributed by atoms with Gasteiger partial charge in [0.05, 0.1) is 0 Å². The molecular weight excluding hydrogens is 244 g/mol. The topological polar surface area (TPSA) is 6.48 Å². The van der Waals surface area contributed by atoms with Gasteiger partial charge in [-0.05, 0) is 44.0 Å². The van der Waals surface area contributed by atoms with Gasteiger partial charge in [0.2, 0.25) is 0 Å². The fraction of sp³-hybridized carbons (Fsp3) is 0.600. The molecule has 0 N–H and O–H groups in total. The van der Waals surface area contributed by atoms with Crippen LogP contribution < -0.4 is 4.90 Å². The summed E-state index contributed by atoms with van der Waals surface area (Å²) in [7, 11) is 0. The molecule has 1 atom stereocenters. The molecule has 2 saturated heterocycles. The van der Waals surface area contributed by atoms with E-state index in [-0.39, 0.29) is 0 Å². The van der Waals surface area contributed by atoms with Crippen molar-refractivity contribution in [2.24, 2.45) is 0 Å². The van der Waals surface area contributed by atoms with Gasteiger partial charge in [-0.1, -0.05) is 24.1 Å². The standard InChI is InChI=1S/C15H21ClN2/c1-12-5-6-13(16)10-15(12)18-9-8-17-7-3-2-4-14(17)11-18/h5-6,10,14H,2-4,7-9,11H2,1H3. The van der Waals surface area contributed by atoms with Crippen molar-refractivity contribution in [2.75, 3.05) is 31.1 Å². The first-order valence-electron chi connectivity index (χ1n) is 6.99. The first kappa shape index (κ1) is 12.3. The second kappa shape index (κ2) is 5.10. The Labute approximate surface area is 115 Å². The van der Waals surface area contributed by atoms with Gasteiger partial charge < -0.3 is 4.90 Å². The van der Waals surface area contributed by atoms with Gasteiger partial charge in [-0.2, -0.15) is 0 Å². The molecule has 98 valence electrons. The summed E-state index contributed by atoms with van der Waals surface area (Å²) >= 11 is 6.14. The summed E-state index contributed by atoms with van der Waals surface area (Å²) in [6.07, 6.45) is 4.13. The molecule has 1 unspecified atom stereocenters. The zero-order valence-corrected chi connectivity index (χ0v) is 11.8. The second-order valence-electron chi connectivity index (χ2n) is 5.56. The molecule has 1 aromatic rings. The van der Waals surface area contributed by atoms with Crippen molar-refractivity contribution < 1.29 is 0 Å². The molecule has 0 spiro atoms. The van der Waals surface area contributed by atoms with Crippen molar-refractivity contribution in [1.29, 1.82) is 0 Å². The van der Waals surface area contributed by atoms with Gasteiger partial charge in [0, 0.05) is 36.4 Å². The third-order valence-corrected chi connectivity index (χ3v) is 4.58. The van der Waals surface area contributed by atoms with E-state index < -0.39 is 0 Å². The maximum Gasteiger partial charge on any atom is 0.0426 e. The van der Waals surface area contributed by atoms with E-state index in [0.29, 0.717) is 0 Å². The molecule has 0 saturated carbocycles. The SMILES string of the molecule is Cc1ccc(Cl)cc1N1CCN2CCCCC2C1. The molecular formula is C15H21ClN2. The third-order valence-electron chi connectivity index (χ3n) is 4.35. The fourth-order valence-corrected chi connectivity index (χ4v) is 3.46. The van der Waals surface area contributed by atoms with E-state index in [9.17, 15) is 0 Å². The zero-order chi connectivity index (χ0) is 12.5. The van der Waals surface area contributed by atoms with Crippen molar-refractivity contribution >= 4 is 17.3 Å². The van der Waals surface area contributed by atoms with E-state index in [0.717, 1.165) is 17.6 Å². The molecule has 1 aromatic carbocycles. The molecule has 3 heteroatoms. The van der Waals surface area contributed by atoms with Crippen molar-refractivity contribution in [3.63, 3.8) is 0 Å². The maximum atomic E-state index is 6.14. The first-order valence-corrected chi connectivity index (χ1v) is 7.37. The van der Waals surface area contributed by atoms with Crippen LogP contribution in [-0.4, -0.2) is 37.1 Å². The minimum Gasteiger partial charge on any atom is -0.368 e. The smallest absolute Gasteiger partial charge is 0.0426 e. The number of benzene rings is 1. The number of nitrogens with zero attached hydrogens (tertiary/aromatic N) is 2. The highest BCUT2D eigenvalue weighted by molar-refractivity contribution is 6.30. The van der Waals surface area contributed by atoms with Gasteiger partial charge in [0.15, 0.2) is 0 Å². The quantitative estimate of drug-likeness (QED) is 0.768. The Bertz CT molecular complexity index is 433. The lowest BCUT2D eigenvalue weighted by atomic mass is 9.99. The van der Waals surface area contributed by atoms with Crippen molar-refractivity contribution in [1.82, 2.24) is 4.90 Å². The molecule has 18 heavy (non-hydrogen) atoms. The Morgan fingerprint density at radius 2 is 2.06 bits per heavy atom. The largest absolute Gasteiger partial charge is 0.368 e. The van der Waals surface area contributed by atoms with E-state index >= 15 is 0 Å². The van der Waals surface area contributed by atoms with Gasteiger partial charge in [-0.15, -0.1) is 0 Å². The van der Waals surface area contributed by atoms with E-state index in [1.807, 2.05) is 6.07 Å². The lowest BCUT2D eigenvalue weighted by molar-refractivity contribution is 0.133. The average molecular weight is 265 g/mol. The number of piperidine rings is 1. The summed E-state index contributed by atoms with van der Waals surface area (Å²) in [5.41, 5.74) is 2.66. The van der Waals surface area contributed by atoms with Crippen molar-refractivity contribution in [2.45, 2.75) is 32.2 Å². The number of hydrogen-bond acceptors (Lipinski definition) is 2. The highest BCUT2D eigenvalue weighted by Gasteiger charge is 2.29. The number of rotatable bonds is 1. The van der Waals surface area contributed by atoms with Crippen LogP contribution in [0.4, 0.5) is 5.69 Å². The van der Waals surface area contributed by atoms with Gasteiger partial charge in [-0.3, -0.25) is 4.90 Å². The molecule has 2 heterocycles. The number of halogens is 1. The molecule has 2 fully saturated rings. The van der Waals surface area contributed by atoms with Gasteiger partial charge in [-0.25, -0.2) is 0 Å². The second-order valence-corrected chi connectivity index (χ2v) is 6.00. The van der Waals surface area contributed by atoms with Crippen LogP contribution in [0.3, 0.4) is 0 Å². The highest BCUT2D eigenvalue weighted by Crippen LogP contribution is 2.29. The van der Waals surface area contributed by atoms with Gasteiger partial charge in [0.1, 0.15) is 0 Å². The fourth-order valence-electron chi connectivity index (χ4n) is 3.30. The van der Waals surface area contributed by atoms with E-state index in [2.05, 4.69) is 28.9 Å².